The van der Waals surface area contributed by atoms with Crippen LogP contribution in [0.15, 0.2) is 41.1 Å². The molecule has 1 aromatic carbocycles. The average Bonchev–Trinajstić information content (AvgIpc) is 2.89. The van der Waals surface area contributed by atoms with Crippen molar-refractivity contribution in [2.24, 2.45) is 0 Å². The third kappa shape index (κ3) is 2.83. The molecule has 1 N–H and O–H groups in total. The summed E-state index contributed by atoms with van der Waals surface area (Å²) in [6, 6.07) is 8.79. The van der Waals surface area contributed by atoms with Gasteiger partial charge in [-0.05, 0) is 34.4 Å². The van der Waals surface area contributed by atoms with E-state index in [0.29, 0.717) is 6.54 Å². The summed E-state index contributed by atoms with van der Waals surface area (Å²) in [7, 11) is 0. The van der Waals surface area contributed by atoms with E-state index in [2.05, 4.69) is 10.7 Å². The molecule has 1 aromatic heterocycles. The van der Waals surface area contributed by atoms with Crippen molar-refractivity contribution >= 4 is 23.2 Å². The van der Waals surface area contributed by atoms with E-state index in [1.165, 1.54) is 0 Å². The number of piperazine rings is 1. The fourth-order valence-corrected chi connectivity index (χ4v) is 3.31. The first kappa shape index (κ1) is 13.8. The Labute approximate surface area is 127 Å². The zero-order valence-corrected chi connectivity index (χ0v) is 12.5. The molecule has 0 saturated carbocycles. The van der Waals surface area contributed by atoms with Crippen LogP contribution in [-0.2, 0) is 16.1 Å². The van der Waals surface area contributed by atoms with E-state index in [9.17, 15) is 9.59 Å². The summed E-state index contributed by atoms with van der Waals surface area (Å²) in [4.78, 5) is 26.2. The molecule has 1 aliphatic heterocycles. The second kappa shape index (κ2) is 5.69. The van der Waals surface area contributed by atoms with Crippen LogP contribution in [0.3, 0.4) is 0 Å². The molecule has 0 spiro atoms. The van der Waals surface area contributed by atoms with Gasteiger partial charge in [-0.3, -0.25) is 9.59 Å². The molecule has 1 fully saturated rings. The number of hydrogen-bond acceptors (Lipinski definition) is 3. The summed E-state index contributed by atoms with van der Waals surface area (Å²) in [5, 5.41) is 6.87. The SMILES string of the molecule is Cc1cscc1CN1CC(=O)NC(c2ccccc2)C1=O. The molecule has 21 heavy (non-hydrogen) atoms. The topological polar surface area (TPSA) is 49.4 Å². The maximum absolute atomic E-state index is 12.6. The minimum Gasteiger partial charge on any atom is -0.339 e. The third-order valence-corrected chi connectivity index (χ3v) is 4.56. The van der Waals surface area contributed by atoms with Crippen LogP contribution in [0.2, 0.25) is 0 Å². The van der Waals surface area contributed by atoms with Crippen LogP contribution in [0.4, 0.5) is 0 Å². The second-order valence-electron chi connectivity index (χ2n) is 5.19. The number of nitrogens with one attached hydrogen (secondary N) is 1. The molecule has 1 saturated heterocycles. The van der Waals surface area contributed by atoms with Gasteiger partial charge in [-0.2, -0.15) is 11.3 Å². The first-order valence-electron chi connectivity index (χ1n) is 6.80. The molecule has 108 valence electrons. The van der Waals surface area contributed by atoms with Gasteiger partial charge in [0.25, 0.3) is 5.91 Å². The number of carbonyl (C=O) groups excluding carboxylic acids is 2. The van der Waals surface area contributed by atoms with E-state index in [-0.39, 0.29) is 18.4 Å². The average molecular weight is 300 g/mol. The number of thiophene rings is 1. The summed E-state index contributed by atoms with van der Waals surface area (Å²) in [6.07, 6.45) is 0. The Morgan fingerprint density at radius 1 is 1.24 bits per heavy atom. The lowest BCUT2D eigenvalue weighted by atomic mass is 10.0. The van der Waals surface area contributed by atoms with Crippen LogP contribution in [0, 0.1) is 6.92 Å². The quantitative estimate of drug-likeness (QED) is 0.945. The lowest BCUT2D eigenvalue weighted by molar-refractivity contribution is -0.145. The van der Waals surface area contributed by atoms with Crippen molar-refractivity contribution in [3.63, 3.8) is 0 Å². The molecule has 1 atom stereocenters. The number of rotatable bonds is 3. The fourth-order valence-electron chi connectivity index (χ4n) is 2.46. The van der Waals surface area contributed by atoms with E-state index in [1.807, 2.05) is 42.6 Å². The highest BCUT2D eigenvalue weighted by Crippen LogP contribution is 2.22. The summed E-state index contributed by atoms with van der Waals surface area (Å²) in [5.41, 5.74) is 3.09. The van der Waals surface area contributed by atoms with Crippen molar-refractivity contribution in [3.8, 4) is 0 Å². The predicted molar refractivity (Wildman–Crippen MR) is 81.8 cm³/mol. The van der Waals surface area contributed by atoms with Gasteiger partial charge in [0.2, 0.25) is 5.91 Å². The van der Waals surface area contributed by atoms with Crippen molar-refractivity contribution in [1.82, 2.24) is 10.2 Å². The van der Waals surface area contributed by atoms with E-state index >= 15 is 0 Å². The van der Waals surface area contributed by atoms with E-state index in [4.69, 9.17) is 0 Å². The molecule has 0 bridgehead atoms. The lowest BCUT2D eigenvalue weighted by Crippen LogP contribution is -2.52. The molecule has 2 heterocycles. The smallest absolute Gasteiger partial charge is 0.250 e. The van der Waals surface area contributed by atoms with Crippen molar-refractivity contribution in [3.05, 3.63) is 57.8 Å². The van der Waals surface area contributed by atoms with Crippen LogP contribution in [0.1, 0.15) is 22.7 Å². The Bertz CT molecular complexity index is 666. The first-order valence-corrected chi connectivity index (χ1v) is 7.74. The summed E-state index contributed by atoms with van der Waals surface area (Å²) < 4.78 is 0. The Hall–Kier alpha value is -2.14. The Morgan fingerprint density at radius 2 is 2.00 bits per heavy atom. The summed E-state index contributed by atoms with van der Waals surface area (Å²) in [6.45, 7) is 2.64. The molecule has 0 radical (unpaired) electrons. The number of aryl methyl sites for hydroxylation is 1. The first-order chi connectivity index (χ1) is 10.1. The Kier molecular flexibility index (Phi) is 3.75. The van der Waals surface area contributed by atoms with Gasteiger partial charge in [-0.25, -0.2) is 0 Å². The van der Waals surface area contributed by atoms with Crippen LogP contribution in [0.5, 0.6) is 0 Å². The van der Waals surface area contributed by atoms with Gasteiger partial charge in [0, 0.05) is 6.54 Å². The van der Waals surface area contributed by atoms with Gasteiger partial charge in [0.1, 0.15) is 6.04 Å². The molecular weight excluding hydrogens is 284 g/mol. The van der Waals surface area contributed by atoms with E-state index < -0.39 is 6.04 Å². The highest BCUT2D eigenvalue weighted by Gasteiger charge is 2.33. The maximum atomic E-state index is 12.6. The number of amides is 2. The molecule has 5 heteroatoms. The number of benzene rings is 1. The Balaban J connectivity index is 1.84. The maximum Gasteiger partial charge on any atom is 0.250 e. The largest absolute Gasteiger partial charge is 0.339 e. The number of hydrogen-bond donors (Lipinski definition) is 1. The normalized spacial score (nSPS) is 18.7. The molecular formula is C16H16N2O2S. The molecule has 0 aliphatic carbocycles. The molecule has 4 nitrogen and oxygen atoms in total. The number of carbonyl (C=O) groups is 2. The summed E-state index contributed by atoms with van der Waals surface area (Å²) in [5.74, 6) is -0.164. The number of nitrogens with zero attached hydrogens (tertiary/aromatic N) is 1. The molecule has 3 rings (SSSR count). The van der Waals surface area contributed by atoms with Crippen LogP contribution in [0.25, 0.3) is 0 Å². The van der Waals surface area contributed by atoms with Gasteiger partial charge in [0.15, 0.2) is 0 Å². The van der Waals surface area contributed by atoms with Crippen molar-refractivity contribution in [2.45, 2.75) is 19.5 Å². The van der Waals surface area contributed by atoms with Crippen LogP contribution >= 0.6 is 11.3 Å². The summed E-state index contributed by atoms with van der Waals surface area (Å²) >= 11 is 1.62. The lowest BCUT2D eigenvalue weighted by Gasteiger charge is -2.32. The van der Waals surface area contributed by atoms with Gasteiger partial charge in [-0.1, -0.05) is 30.3 Å². The van der Waals surface area contributed by atoms with Crippen molar-refractivity contribution in [1.29, 1.82) is 0 Å². The van der Waals surface area contributed by atoms with Gasteiger partial charge in [0.05, 0.1) is 6.54 Å². The van der Waals surface area contributed by atoms with E-state index in [0.717, 1.165) is 16.7 Å². The second-order valence-corrected chi connectivity index (χ2v) is 5.93. The highest BCUT2D eigenvalue weighted by atomic mass is 32.1. The molecule has 1 aliphatic rings. The minimum absolute atomic E-state index is 0.0496. The van der Waals surface area contributed by atoms with Crippen molar-refractivity contribution < 1.29 is 9.59 Å². The molecule has 2 aromatic rings. The standard InChI is InChI=1S/C16H16N2O2S/c1-11-9-21-10-13(11)7-18-8-14(19)17-15(16(18)20)12-5-3-2-4-6-12/h2-6,9-10,15H,7-8H2,1H3,(H,17,19). The van der Waals surface area contributed by atoms with Gasteiger partial charge in [-0.15, -0.1) is 0 Å². The molecule has 2 amide bonds. The predicted octanol–water partition coefficient (Wildman–Crippen LogP) is 2.26. The van der Waals surface area contributed by atoms with Crippen LogP contribution < -0.4 is 5.32 Å². The van der Waals surface area contributed by atoms with Crippen molar-refractivity contribution in [2.75, 3.05) is 6.54 Å². The zero-order chi connectivity index (χ0) is 14.8. The minimum atomic E-state index is -0.577. The highest BCUT2D eigenvalue weighted by molar-refractivity contribution is 7.08. The zero-order valence-electron chi connectivity index (χ0n) is 11.7. The third-order valence-electron chi connectivity index (χ3n) is 3.65. The fraction of sp³-hybridized carbons (Fsp3) is 0.250. The van der Waals surface area contributed by atoms with Gasteiger partial charge < -0.3 is 10.2 Å². The Morgan fingerprint density at radius 3 is 2.67 bits per heavy atom. The van der Waals surface area contributed by atoms with Crippen LogP contribution in [-0.4, -0.2) is 23.3 Å². The van der Waals surface area contributed by atoms with E-state index in [1.54, 1.807) is 16.2 Å². The molecule has 1 unspecified atom stereocenters. The van der Waals surface area contributed by atoms with Gasteiger partial charge >= 0.3 is 0 Å². The monoisotopic (exact) mass is 300 g/mol.